The normalized spacial score (nSPS) is 11.7. The Bertz CT molecular complexity index is 292. The maximum absolute atomic E-state index is 9.75. The van der Waals surface area contributed by atoms with Gasteiger partial charge in [0, 0.05) is 19.2 Å². The lowest BCUT2D eigenvalue weighted by atomic mass is 10.0. The SMILES string of the molecule is COCCc1cccc(C(C)(C)O)n1. The Labute approximate surface area is 84.7 Å². The Morgan fingerprint density at radius 3 is 2.71 bits per heavy atom. The largest absolute Gasteiger partial charge is 0.384 e. The predicted octanol–water partition coefficient (Wildman–Crippen LogP) is 1.50. The number of hydrogen-bond acceptors (Lipinski definition) is 3. The molecule has 3 heteroatoms. The van der Waals surface area contributed by atoms with Gasteiger partial charge in [0.1, 0.15) is 5.60 Å². The molecule has 0 unspecified atom stereocenters. The van der Waals surface area contributed by atoms with Crippen molar-refractivity contribution in [3.05, 3.63) is 29.6 Å². The fourth-order valence-corrected chi connectivity index (χ4v) is 1.17. The molecule has 1 aromatic rings. The quantitative estimate of drug-likeness (QED) is 0.791. The zero-order valence-corrected chi connectivity index (χ0v) is 8.95. The van der Waals surface area contributed by atoms with Crippen LogP contribution in [-0.2, 0) is 16.8 Å². The van der Waals surface area contributed by atoms with Gasteiger partial charge in [-0.2, -0.15) is 0 Å². The molecule has 0 aliphatic rings. The molecule has 1 heterocycles. The molecule has 0 radical (unpaired) electrons. The molecule has 1 rings (SSSR count). The molecule has 0 amide bonds. The highest BCUT2D eigenvalue weighted by atomic mass is 16.5. The van der Waals surface area contributed by atoms with E-state index in [1.807, 2.05) is 18.2 Å². The van der Waals surface area contributed by atoms with Gasteiger partial charge >= 0.3 is 0 Å². The van der Waals surface area contributed by atoms with Crippen molar-refractivity contribution in [1.82, 2.24) is 4.98 Å². The second-order valence-corrected chi connectivity index (χ2v) is 3.82. The Kier molecular flexibility index (Phi) is 3.61. The minimum absolute atomic E-state index is 0.655. The Morgan fingerprint density at radius 2 is 2.14 bits per heavy atom. The Hall–Kier alpha value is -0.930. The highest BCUT2D eigenvalue weighted by molar-refractivity contribution is 5.15. The van der Waals surface area contributed by atoms with Gasteiger partial charge in [-0.05, 0) is 26.0 Å². The van der Waals surface area contributed by atoms with E-state index in [-0.39, 0.29) is 0 Å². The number of hydrogen-bond donors (Lipinski definition) is 1. The van der Waals surface area contributed by atoms with Crippen LogP contribution in [0.1, 0.15) is 25.2 Å². The van der Waals surface area contributed by atoms with Crippen molar-refractivity contribution in [2.45, 2.75) is 25.9 Å². The van der Waals surface area contributed by atoms with Crippen molar-refractivity contribution in [2.75, 3.05) is 13.7 Å². The highest BCUT2D eigenvalue weighted by Crippen LogP contribution is 2.17. The summed E-state index contributed by atoms with van der Waals surface area (Å²) in [6, 6.07) is 5.68. The summed E-state index contributed by atoms with van der Waals surface area (Å²) in [5.74, 6) is 0. The Balaban J connectivity index is 2.79. The monoisotopic (exact) mass is 195 g/mol. The van der Waals surface area contributed by atoms with Gasteiger partial charge in [0.2, 0.25) is 0 Å². The van der Waals surface area contributed by atoms with Gasteiger partial charge in [0.05, 0.1) is 12.3 Å². The third-order valence-electron chi connectivity index (χ3n) is 2.00. The molecule has 14 heavy (non-hydrogen) atoms. The molecule has 0 atom stereocenters. The fourth-order valence-electron chi connectivity index (χ4n) is 1.17. The number of rotatable bonds is 4. The maximum atomic E-state index is 9.75. The first kappa shape index (κ1) is 11.1. The molecular formula is C11H17NO2. The summed E-state index contributed by atoms with van der Waals surface area (Å²) in [5, 5.41) is 9.75. The van der Waals surface area contributed by atoms with Crippen LogP contribution in [0, 0.1) is 0 Å². The van der Waals surface area contributed by atoms with Gasteiger partial charge in [-0.1, -0.05) is 6.07 Å². The lowest BCUT2D eigenvalue weighted by molar-refractivity contribution is 0.0735. The topological polar surface area (TPSA) is 42.4 Å². The van der Waals surface area contributed by atoms with E-state index in [1.54, 1.807) is 21.0 Å². The summed E-state index contributed by atoms with van der Waals surface area (Å²) in [4.78, 5) is 4.35. The first-order chi connectivity index (χ1) is 6.54. The van der Waals surface area contributed by atoms with Crippen LogP contribution in [0.3, 0.4) is 0 Å². The smallest absolute Gasteiger partial charge is 0.101 e. The number of pyridine rings is 1. The van der Waals surface area contributed by atoms with Crippen molar-refractivity contribution in [3.63, 3.8) is 0 Å². The lowest BCUT2D eigenvalue weighted by Gasteiger charge is -2.17. The zero-order chi connectivity index (χ0) is 10.6. The molecule has 0 aliphatic carbocycles. The van der Waals surface area contributed by atoms with E-state index in [0.29, 0.717) is 12.3 Å². The summed E-state index contributed by atoms with van der Waals surface area (Å²) in [5.41, 5.74) is 0.779. The number of methoxy groups -OCH3 is 1. The minimum Gasteiger partial charge on any atom is -0.384 e. The van der Waals surface area contributed by atoms with Crippen molar-refractivity contribution in [3.8, 4) is 0 Å². The molecule has 1 aromatic heterocycles. The van der Waals surface area contributed by atoms with Gasteiger partial charge in [0.25, 0.3) is 0 Å². The van der Waals surface area contributed by atoms with Crippen LogP contribution in [0.4, 0.5) is 0 Å². The molecule has 0 aromatic carbocycles. The molecular weight excluding hydrogens is 178 g/mol. The number of nitrogens with zero attached hydrogens (tertiary/aromatic N) is 1. The first-order valence-corrected chi connectivity index (χ1v) is 4.72. The number of ether oxygens (including phenoxy) is 1. The fraction of sp³-hybridized carbons (Fsp3) is 0.545. The molecule has 1 N–H and O–H groups in total. The molecule has 0 saturated heterocycles. The molecule has 78 valence electrons. The highest BCUT2D eigenvalue weighted by Gasteiger charge is 2.17. The van der Waals surface area contributed by atoms with Gasteiger partial charge in [-0.15, -0.1) is 0 Å². The molecule has 0 bridgehead atoms. The second kappa shape index (κ2) is 4.53. The van der Waals surface area contributed by atoms with E-state index in [4.69, 9.17) is 4.74 Å². The first-order valence-electron chi connectivity index (χ1n) is 4.72. The number of aliphatic hydroxyl groups is 1. The summed E-state index contributed by atoms with van der Waals surface area (Å²) in [6.07, 6.45) is 0.778. The van der Waals surface area contributed by atoms with Crippen LogP contribution >= 0.6 is 0 Å². The molecule has 0 spiro atoms. The average molecular weight is 195 g/mol. The summed E-state index contributed by atoms with van der Waals surface area (Å²) < 4.78 is 4.97. The standard InChI is InChI=1S/C11H17NO2/c1-11(2,13)10-6-4-5-9(12-10)7-8-14-3/h4-6,13H,7-8H2,1-3H3. The van der Waals surface area contributed by atoms with Gasteiger partial charge in [-0.3, -0.25) is 4.98 Å². The number of aromatic nitrogens is 1. The van der Waals surface area contributed by atoms with Crippen LogP contribution in [0.2, 0.25) is 0 Å². The van der Waals surface area contributed by atoms with Gasteiger partial charge < -0.3 is 9.84 Å². The van der Waals surface area contributed by atoms with E-state index in [1.165, 1.54) is 0 Å². The van der Waals surface area contributed by atoms with Crippen molar-refractivity contribution >= 4 is 0 Å². The molecule has 0 fully saturated rings. The summed E-state index contributed by atoms with van der Waals surface area (Å²) in [6.45, 7) is 4.12. The Morgan fingerprint density at radius 1 is 1.43 bits per heavy atom. The van der Waals surface area contributed by atoms with E-state index in [9.17, 15) is 5.11 Å². The predicted molar refractivity (Wildman–Crippen MR) is 55.1 cm³/mol. The zero-order valence-electron chi connectivity index (χ0n) is 8.95. The lowest BCUT2D eigenvalue weighted by Crippen LogP contribution is -2.18. The van der Waals surface area contributed by atoms with Gasteiger partial charge in [-0.25, -0.2) is 0 Å². The van der Waals surface area contributed by atoms with Crippen LogP contribution < -0.4 is 0 Å². The van der Waals surface area contributed by atoms with Gasteiger partial charge in [0.15, 0.2) is 0 Å². The average Bonchev–Trinajstić information content (AvgIpc) is 2.14. The van der Waals surface area contributed by atoms with Crippen LogP contribution in [0.15, 0.2) is 18.2 Å². The third-order valence-corrected chi connectivity index (χ3v) is 2.00. The molecule has 3 nitrogen and oxygen atoms in total. The van der Waals surface area contributed by atoms with E-state index in [2.05, 4.69) is 4.98 Å². The van der Waals surface area contributed by atoms with Crippen molar-refractivity contribution in [1.29, 1.82) is 0 Å². The minimum atomic E-state index is -0.872. The van der Waals surface area contributed by atoms with E-state index >= 15 is 0 Å². The second-order valence-electron chi connectivity index (χ2n) is 3.82. The molecule has 0 aliphatic heterocycles. The summed E-state index contributed by atoms with van der Waals surface area (Å²) in [7, 11) is 1.67. The third kappa shape index (κ3) is 3.09. The summed E-state index contributed by atoms with van der Waals surface area (Å²) >= 11 is 0. The van der Waals surface area contributed by atoms with Crippen LogP contribution in [0.25, 0.3) is 0 Å². The van der Waals surface area contributed by atoms with Crippen LogP contribution in [-0.4, -0.2) is 23.8 Å². The molecule has 0 saturated carbocycles. The van der Waals surface area contributed by atoms with Crippen molar-refractivity contribution in [2.24, 2.45) is 0 Å². The maximum Gasteiger partial charge on any atom is 0.101 e. The van der Waals surface area contributed by atoms with E-state index in [0.717, 1.165) is 12.1 Å². The van der Waals surface area contributed by atoms with Crippen molar-refractivity contribution < 1.29 is 9.84 Å². The van der Waals surface area contributed by atoms with Crippen LogP contribution in [0.5, 0.6) is 0 Å². The van der Waals surface area contributed by atoms with E-state index < -0.39 is 5.60 Å².